The van der Waals surface area contributed by atoms with Crippen LogP contribution < -0.4 is 10.6 Å². The molecule has 2 fully saturated rings. The van der Waals surface area contributed by atoms with E-state index in [1.807, 2.05) is 30.9 Å². The fraction of sp³-hybridized carbons (Fsp3) is 0.588. The Morgan fingerprint density at radius 1 is 1.48 bits per heavy atom. The summed E-state index contributed by atoms with van der Waals surface area (Å²) < 4.78 is 0. The summed E-state index contributed by atoms with van der Waals surface area (Å²) >= 11 is 0. The van der Waals surface area contributed by atoms with Crippen molar-refractivity contribution >= 4 is 11.9 Å². The van der Waals surface area contributed by atoms with Gasteiger partial charge in [0.15, 0.2) is 0 Å². The number of urea groups is 1. The molecule has 1 aliphatic carbocycles. The first-order valence-corrected chi connectivity index (χ1v) is 8.22. The van der Waals surface area contributed by atoms with E-state index in [0.29, 0.717) is 13.1 Å². The fourth-order valence-corrected chi connectivity index (χ4v) is 3.39. The van der Waals surface area contributed by atoms with Gasteiger partial charge in [-0.25, -0.2) is 4.79 Å². The van der Waals surface area contributed by atoms with Crippen LogP contribution in [0.4, 0.5) is 4.79 Å². The second kappa shape index (κ2) is 6.18. The van der Waals surface area contributed by atoms with Gasteiger partial charge in [0.2, 0.25) is 5.91 Å². The Morgan fingerprint density at radius 3 is 3.00 bits per heavy atom. The lowest BCUT2D eigenvalue weighted by Crippen LogP contribution is -2.42. The highest BCUT2D eigenvalue weighted by Crippen LogP contribution is 2.58. The maximum absolute atomic E-state index is 12.3. The Bertz CT molecular complexity index is 590. The topological polar surface area (TPSA) is 74.3 Å². The minimum atomic E-state index is -0.0155. The SMILES string of the molecule is CC(C)NC(=O)N1CC[C@@]2(C[C@H]2C(=O)NCc2cccnc2)C1. The van der Waals surface area contributed by atoms with Crippen LogP contribution in [0.1, 0.15) is 32.3 Å². The molecule has 23 heavy (non-hydrogen) atoms. The van der Waals surface area contributed by atoms with Gasteiger partial charge in [-0.1, -0.05) is 6.07 Å². The monoisotopic (exact) mass is 316 g/mol. The number of pyridine rings is 1. The highest BCUT2D eigenvalue weighted by atomic mass is 16.2. The standard InChI is InChI=1S/C17H24N4O2/c1-12(2)20-16(23)21-7-5-17(11-21)8-14(17)15(22)19-10-13-4-3-6-18-9-13/h3-4,6,9,12,14H,5,7-8,10-11H2,1-2H3,(H,19,22)(H,20,23)/t14-,17+/m0/s1. The second-order valence-electron chi connectivity index (χ2n) is 6.97. The van der Waals surface area contributed by atoms with Crippen LogP contribution in [-0.2, 0) is 11.3 Å². The summed E-state index contributed by atoms with van der Waals surface area (Å²) in [6.45, 7) is 5.85. The molecule has 6 heteroatoms. The van der Waals surface area contributed by atoms with E-state index in [-0.39, 0.29) is 29.3 Å². The Balaban J connectivity index is 1.49. The lowest BCUT2D eigenvalue weighted by Gasteiger charge is -2.19. The molecular weight excluding hydrogens is 292 g/mol. The van der Waals surface area contributed by atoms with Gasteiger partial charge < -0.3 is 15.5 Å². The van der Waals surface area contributed by atoms with Crippen molar-refractivity contribution in [2.75, 3.05) is 13.1 Å². The first-order chi connectivity index (χ1) is 11.0. The lowest BCUT2D eigenvalue weighted by atomic mass is 10.0. The summed E-state index contributed by atoms with van der Waals surface area (Å²) in [6.07, 6.45) is 5.29. The average Bonchev–Trinajstić information content (AvgIpc) is 3.05. The number of rotatable bonds is 4. The van der Waals surface area contributed by atoms with Gasteiger partial charge in [0, 0.05) is 49.4 Å². The summed E-state index contributed by atoms with van der Waals surface area (Å²) in [7, 11) is 0. The Labute approximate surface area is 136 Å². The minimum Gasteiger partial charge on any atom is -0.352 e. The molecule has 3 amide bonds. The van der Waals surface area contributed by atoms with Crippen LogP contribution in [0.25, 0.3) is 0 Å². The fourth-order valence-electron chi connectivity index (χ4n) is 3.39. The van der Waals surface area contributed by atoms with Crippen molar-refractivity contribution in [1.29, 1.82) is 0 Å². The zero-order chi connectivity index (χ0) is 16.4. The molecule has 0 radical (unpaired) electrons. The maximum Gasteiger partial charge on any atom is 0.317 e. The van der Waals surface area contributed by atoms with Crippen LogP contribution in [0.15, 0.2) is 24.5 Å². The first kappa shape index (κ1) is 15.8. The highest BCUT2D eigenvalue weighted by molar-refractivity contribution is 5.83. The van der Waals surface area contributed by atoms with Gasteiger partial charge in [-0.05, 0) is 38.3 Å². The molecule has 0 unspecified atom stereocenters. The smallest absolute Gasteiger partial charge is 0.317 e. The van der Waals surface area contributed by atoms with Gasteiger partial charge in [-0.3, -0.25) is 9.78 Å². The number of carbonyl (C=O) groups excluding carboxylic acids is 2. The molecule has 1 spiro atoms. The molecule has 2 N–H and O–H groups in total. The average molecular weight is 316 g/mol. The van der Waals surface area contributed by atoms with Crippen molar-refractivity contribution in [2.45, 2.75) is 39.3 Å². The Kier molecular flexibility index (Phi) is 4.24. The van der Waals surface area contributed by atoms with E-state index in [9.17, 15) is 9.59 Å². The molecule has 1 aliphatic heterocycles. The van der Waals surface area contributed by atoms with Gasteiger partial charge in [-0.15, -0.1) is 0 Å². The predicted molar refractivity (Wildman–Crippen MR) is 86.5 cm³/mol. The van der Waals surface area contributed by atoms with E-state index in [1.165, 1.54) is 0 Å². The third-order valence-electron chi connectivity index (χ3n) is 4.78. The van der Waals surface area contributed by atoms with E-state index in [4.69, 9.17) is 0 Å². The van der Waals surface area contributed by atoms with E-state index in [2.05, 4.69) is 15.6 Å². The Hall–Kier alpha value is -2.11. The summed E-state index contributed by atoms with van der Waals surface area (Å²) in [6, 6.07) is 3.93. The number of hydrogen-bond donors (Lipinski definition) is 2. The van der Waals surface area contributed by atoms with Crippen molar-refractivity contribution in [2.24, 2.45) is 11.3 Å². The van der Waals surface area contributed by atoms with Crippen molar-refractivity contribution < 1.29 is 9.59 Å². The lowest BCUT2D eigenvalue weighted by molar-refractivity contribution is -0.123. The third-order valence-corrected chi connectivity index (χ3v) is 4.78. The van der Waals surface area contributed by atoms with Gasteiger partial charge in [0.25, 0.3) is 0 Å². The number of nitrogens with zero attached hydrogens (tertiary/aromatic N) is 2. The van der Waals surface area contributed by atoms with Crippen LogP contribution in [0.2, 0.25) is 0 Å². The zero-order valence-corrected chi connectivity index (χ0v) is 13.7. The van der Waals surface area contributed by atoms with Crippen molar-refractivity contribution in [3.05, 3.63) is 30.1 Å². The van der Waals surface area contributed by atoms with Gasteiger partial charge in [0.1, 0.15) is 0 Å². The van der Waals surface area contributed by atoms with Gasteiger partial charge >= 0.3 is 6.03 Å². The molecule has 2 heterocycles. The molecule has 0 aromatic carbocycles. The molecule has 1 saturated heterocycles. The number of aromatic nitrogens is 1. The second-order valence-corrected chi connectivity index (χ2v) is 6.97. The summed E-state index contributed by atoms with van der Waals surface area (Å²) in [4.78, 5) is 30.3. The van der Waals surface area contributed by atoms with Gasteiger partial charge in [0.05, 0.1) is 0 Å². The molecule has 2 atom stereocenters. The summed E-state index contributed by atoms with van der Waals surface area (Å²) in [5, 5.41) is 5.91. The molecule has 124 valence electrons. The molecule has 3 rings (SSSR count). The highest BCUT2D eigenvalue weighted by Gasteiger charge is 2.61. The number of carbonyl (C=O) groups is 2. The van der Waals surface area contributed by atoms with Crippen LogP contribution in [0.5, 0.6) is 0 Å². The minimum absolute atomic E-state index is 0.00728. The first-order valence-electron chi connectivity index (χ1n) is 8.22. The van der Waals surface area contributed by atoms with Crippen molar-refractivity contribution in [3.63, 3.8) is 0 Å². The maximum atomic E-state index is 12.3. The summed E-state index contributed by atoms with van der Waals surface area (Å²) in [5.41, 5.74) is 1.01. The van der Waals surface area contributed by atoms with E-state index in [0.717, 1.165) is 24.9 Å². The van der Waals surface area contributed by atoms with Crippen LogP contribution in [0, 0.1) is 11.3 Å². The number of nitrogens with one attached hydrogen (secondary N) is 2. The molecule has 1 aromatic heterocycles. The van der Waals surface area contributed by atoms with E-state index >= 15 is 0 Å². The largest absolute Gasteiger partial charge is 0.352 e. The van der Waals surface area contributed by atoms with Crippen LogP contribution in [0.3, 0.4) is 0 Å². The quantitative estimate of drug-likeness (QED) is 0.884. The van der Waals surface area contributed by atoms with E-state index < -0.39 is 0 Å². The summed E-state index contributed by atoms with van der Waals surface area (Å²) in [5.74, 6) is 0.135. The predicted octanol–water partition coefficient (Wildman–Crippen LogP) is 1.53. The molecule has 1 saturated carbocycles. The van der Waals surface area contributed by atoms with Crippen molar-refractivity contribution in [3.8, 4) is 0 Å². The van der Waals surface area contributed by atoms with E-state index in [1.54, 1.807) is 12.4 Å². The van der Waals surface area contributed by atoms with Gasteiger partial charge in [-0.2, -0.15) is 0 Å². The zero-order valence-electron chi connectivity index (χ0n) is 13.7. The number of amides is 3. The van der Waals surface area contributed by atoms with Crippen molar-refractivity contribution in [1.82, 2.24) is 20.5 Å². The molecule has 0 bridgehead atoms. The normalized spacial score (nSPS) is 25.7. The molecule has 6 nitrogen and oxygen atoms in total. The molecule has 1 aromatic rings. The molecule has 2 aliphatic rings. The van der Waals surface area contributed by atoms with Crippen LogP contribution >= 0.6 is 0 Å². The Morgan fingerprint density at radius 2 is 2.30 bits per heavy atom. The number of hydrogen-bond acceptors (Lipinski definition) is 3. The molecular formula is C17H24N4O2. The third kappa shape index (κ3) is 3.46. The van der Waals surface area contributed by atoms with Crippen LogP contribution in [-0.4, -0.2) is 41.0 Å². The number of likely N-dealkylation sites (tertiary alicyclic amines) is 1.